The molecule has 5 rings (SSSR count). The number of piperidine rings is 1. The number of hydrogen-bond acceptors (Lipinski definition) is 7. The summed E-state index contributed by atoms with van der Waals surface area (Å²) in [7, 11) is 0. The molecule has 0 aliphatic carbocycles. The Hall–Kier alpha value is -2.68. The van der Waals surface area contributed by atoms with E-state index in [2.05, 4.69) is 44.7 Å². The second kappa shape index (κ2) is 10.7. The van der Waals surface area contributed by atoms with Crippen LogP contribution in [0.3, 0.4) is 0 Å². The van der Waals surface area contributed by atoms with Crippen molar-refractivity contribution in [3.05, 3.63) is 76.5 Å². The van der Waals surface area contributed by atoms with Crippen LogP contribution < -0.4 is 5.32 Å². The van der Waals surface area contributed by atoms with Crippen molar-refractivity contribution in [2.75, 3.05) is 13.1 Å². The summed E-state index contributed by atoms with van der Waals surface area (Å²) < 4.78 is 6.94. The van der Waals surface area contributed by atoms with Crippen LogP contribution in [-0.2, 0) is 12.3 Å². The number of aromatic nitrogens is 2. The van der Waals surface area contributed by atoms with Gasteiger partial charge in [0.05, 0.1) is 0 Å². The lowest BCUT2D eigenvalue weighted by molar-refractivity contribution is 0.0882. The summed E-state index contributed by atoms with van der Waals surface area (Å²) in [4.78, 5) is 15.8. The van der Waals surface area contributed by atoms with Crippen LogP contribution in [-0.4, -0.2) is 40.1 Å². The van der Waals surface area contributed by atoms with Gasteiger partial charge in [0, 0.05) is 35.8 Å². The SMILES string of the molecule is Cc1nnc(SCc2c(C(=O)NCC3CCCCN3Cc3ccccc3)oc3ccccc23)s1. The highest BCUT2D eigenvalue weighted by Crippen LogP contribution is 2.33. The summed E-state index contributed by atoms with van der Waals surface area (Å²) in [5, 5.41) is 13.4. The van der Waals surface area contributed by atoms with Crippen LogP contribution in [0.25, 0.3) is 11.0 Å². The number of hydrogen-bond donors (Lipinski definition) is 1. The Balaban J connectivity index is 1.29. The Morgan fingerprint density at radius 1 is 1.15 bits per heavy atom. The van der Waals surface area contributed by atoms with Gasteiger partial charge in [0.2, 0.25) is 0 Å². The summed E-state index contributed by atoms with van der Waals surface area (Å²) in [6, 6.07) is 18.7. The molecule has 8 heteroatoms. The average molecular weight is 493 g/mol. The minimum absolute atomic E-state index is 0.148. The highest BCUT2D eigenvalue weighted by molar-refractivity contribution is 8.00. The number of amides is 1. The highest BCUT2D eigenvalue weighted by Gasteiger charge is 2.25. The van der Waals surface area contributed by atoms with Crippen molar-refractivity contribution in [1.29, 1.82) is 0 Å². The minimum atomic E-state index is -0.148. The number of furan rings is 1. The fraction of sp³-hybridized carbons (Fsp3) is 0.346. The maximum absolute atomic E-state index is 13.3. The second-order valence-corrected chi connectivity index (χ2v) is 11.0. The number of rotatable bonds is 8. The normalized spacial score (nSPS) is 16.7. The number of likely N-dealkylation sites (tertiary alicyclic amines) is 1. The molecule has 1 N–H and O–H groups in total. The molecule has 4 aromatic rings. The van der Waals surface area contributed by atoms with Crippen molar-refractivity contribution < 1.29 is 9.21 Å². The molecule has 0 bridgehead atoms. The third-order valence-electron chi connectivity index (χ3n) is 6.23. The van der Waals surface area contributed by atoms with Crippen molar-refractivity contribution in [3.63, 3.8) is 0 Å². The number of aryl methyl sites for hydroxylation is 1. The van der Waals surface area contributed by atoms with E-state index in [9.17, 15) is 4.79 Å². The highest BCUT2D eigenvalue weighted by atomic mass is 32.2. The first kappa shape index (κ1) is 23.1. The Morgan fingerprint density at radius 3 is 2.79 bits per heavy atom. The monoisotopic (exact) mass is 492 g/mol. The molecule has 0 radical (unpaired) electrons. The molecule has 1 atom stereocenters. The molecule has 2 aromatic carbocycles. The molecule has 1 aliphatic rings. The number of para-hydroxylation sites is 1. The van der Waals surface area contributed by atoms with E-state index in [1.54, 1.807) is 23.1 Å². The van der Waals surface area contributed by atoms with Gasteiger partial charge < -0.3 is 9.73 Å². The Bertz CT molecular complexity index is 1250. The quantitative estimate of drug-likeness (QED) is 0.320. The lowest BCUT2D eigenvalue weighted by atomic mass is 10.0. The number of fused-ring (bicyclic) bond motifs is 1. The summed E-state index contributed by atoms with van der Waals surface area (Å²) in [5.74, 6) is 0.864. The number of thioether (sulfide) groups is 1. The molecule has 176 valence electrons. The summed E-state index contributed by atoms with van der Waals surface area (Å²) in [5.41, 5.74) is 2.96. The molecule has 34 heavy (non-hydrogen) atoms. The van der Waals surface area contributed by atoms with Gasteiger partial charge in [-0.3, -0.25) is 9.69 Å². The van der Waals surface area contributed by atoms with Gasteiger partial charge in [-0.25, -0.2) is 0 Å². The molecular formula is C26H28N4O2S2. The maximum Gasteiger partial charge on any atom is 0.287 e. The van der Waals surface area contributed by atoms with Crippen LogP contribution in [0.4, 0.5) is 0 Å². The van der Waals surface area contributed by atoms with Crippen LogP contribution >= 0.6 is 23.1 Å². The smallest absolute Gasteiger partial charge is 0.287 e. The maximum atomic E-state index is 13.3. The van der Waals surface area contributed by atoms with Crippen molar-refractivity contribution >= 4 is 40.0 Å². The van der Waals surface area contributed by atoms with Gasteiger partial charge in [-0.2, -0.15) is 0 Å². The van der Waals surface area contributed by atoms with Crippen LogP contribution in [0.5, 0.6) is 0 Å². The van der Waals surface area contributed by atoms with E-state index >= 15 is 0 Å². The molecule has 1 fully saturated rings. The van der Waals surface area contributed by atoms with Crippen LogP contribution in [0.2, 0.25) is 0 Å². The van der Waals surface area contributed by atoms with E-state index < -0.39 is 0 Å². The zero-order chi connectivity index (χ0) is 23.3. The molecule has 1 aliphatic heterocycles. The molecule has 1 amide bonds. The first-order chi connectivity index (χ1) is 16.7. The minimum Gasteiger partial charge on any atom is -0.451 e. The average Bonchev–Trinajstić information content (AvgIpc) is 3.45. The van der Waals surface area contributed by atoms with Crippen LogP contribution in [0, 0.1) is 6.92 Å². The van der Waals surface area contributed by atoms with Crippen molar-refractivity contribution in [2.45, 2.75) is 48.9 Å². The number of carbonyl (C=O) groups excluding carboxylic acids is 1. The first-order valence-corrected chi connectivity index (χ1v) is 13.5. The zero-order valence-electron chi connectivity index (χ0n) is 19.2. The molecule has 2 aromatic heterocycles. The van der Waals surface area contributed by atoms with Gasteiger partial charge in [-0.15, -0.1) is 10.2 Å². The van der Waals surface area contributed by atoms with Gasteiger partial charge in [0.15, 0.2) is 10.1 Å². The van der Waals surface area contributed by atoms with E-state index in [0.29, 0.717) is 24.1 Å². The second-order valence-electron chi connectivity index (χ2n) is 8.60. The van der Waals surface area contributed by atoms with Gasteiger partial charge >= 0.3 is 0 Å². The zero-order valence-corrected chi connectivity index (χ0v) is 20.8. The number of nitrogens with one attached hydrogen (secondary N) is 1. The Labute approximate surface area is 207 Å². The van der Waals surface area contributed by atoms with Crippen LogP contribution in [0.15, 0.2) is 63.4 Å². The predicted molar refractivity (Wildman–Crippen MR) is 137 cm³/mol. The number of carbonyl (C=O) groups is 1. The van der Waals surface area contributed by atoms with E-state index in [1.807, 2.05) is 37.3 Å². The molecule has 0 saturated carbocycles. The lowest BCUT2D eigenvalue weighted by Gasteiger charge is -2.35. The van der Waals surface area contributed by atoms with E-state index in [4.69, 9.17) is 4.42 Å². The number of nitrogens with zero attached hydrogens (tertiary/aromatic N) is 3. The molecule has 1 unspecified atom stereocenters. The van der Waals surface area contributed by atoms with Crippen LogP contribution in [0.1, 0.15) is 46.0 Å². The third-order valence-corrected chi connectivity index (χ3v) is 8.23. The van der Waals surface area contributed by atoms with Gasteiger partial charge in [-0.05, 0) is 37.9 Å². The van der Waals surface area contributed by atoms with Crippen molar-refractivity contribution in [3.8, 4) is 0 Å². The summed E-state index contributed by atoms with van der Waals surface area (Å²) in [6.45, 7) is 4.53. The molecule has 3 heterocycles. The molecule has 1 saturated heterocycles. The lowest BCUT2D eigenvalue weighted by Crippen LogP contribution is -2.46. The van der Waals surface area contributed by atoms with E-state index in [-0.39, 0.29) is 5.91 Å². The van der Waals surface area contributed by atoms with Crippen molar-refractivity contribution in [1.82, 2.24) is 20.4 Å². The predicted octanol–water partition coefficient (Wildman–Crippen LogP) is 5.67. The van der Waals surface area contributed by atoms with E-state index in [1.165, 1.54) is 18.4 Å². The fourth-order valence-electron chi connectivity index (χ4n) is 4.50. The van der Waals surface area contributed by atoms with Gasteiger partial charge in [0.25, 0.3) is 5.91 Å². The largest absolute Gasteiger partial charge is 0.451 e. The van der Waals surface area contributed by atoms with Crippen molar-refractivity contribution in [2.24, 2.45) is 0 Å². The van der Waals surface area contributed by atoms with Gasteiger partial charge in [0.1, 0.15) is 10.6 Å². The third kappa shape index (κ3) is 5.35. The van der Waals surface area contributed by atoms with E-state index in [0.717, 1.165) is 45.4 Å². The topological polar surface area (TPSA) is 71.3 Å². The molecular weight excluding hydrogens is 464 g/mol. The summed E-state index contributed by atoms with van der Waals surface area (Å²) in [6.07, 6.45) is 3.49. The standard InChI is InChI=1S/C26H28N4O2S2/c1-18-28-29-26(34-18)33-17-22-21-12-5-6-13-23(21)32-24(22)25(31)27-15-20-11-7-8-14-30(20)16-19-9-3-2-4-10-19/h2-6,9-10,12-13,20H,7-8,11,14-17H2,1H3,(H,27,31). The Kier molecular flexibility index (Phi) is 7.27. The Morgan fingerprint density at radius 2 is 1.97 bits per heavy atom. The molecule has 6 nitrogen and oxygen atoms in total. The van der Waals surface area contributed by atoms with Gasteiger partial charge in [-0.1, -0.05) is 78.1 Å². The fourth-order valence-corrected chi connectivity index (χ4v) is 6.35. The summed E-state index contributed by atoms with van der Waals surface area (Å²) >= 11 is 3.15. The first-order valence-electron chi connectivity index (χ1n) is 11.7. The molecule has 0 spiro atoms. The number of benzene rings is 2.